The van der Waals surface area contributed by atoms with Crippen LogP contribution in [0.5, 0.6) is 0 Å². The van der Waals surface area contributed by atoms with E-state index in [1.54, 1.807) is 6.08 Å². The van der Waals surface area contributed by atoms with Crippen LogP contribution < -0.4 is 0 Å². The van der Waals surface area contributed by atoms with Crippen molar-refractivity contribution in [2.45, 2.75) is 250 Å². The van der Waals surface area contributed by atoms with Crippen LogP contribution in [0, 0.1) is 0 Å². The molecular weight excluding hydrogens is 1040 g/mol. The van der Waals surface area contributed by atoms with Crippen LogP contribution >= 0.6 is 0 Å². The molecule has 464 valence electrons. The molecule has 0 aliphatic carbocycles. The lowest BCUT2D eigenvalue weighted by Crippen LogP contribution is -2.61. The lowest BCUT2D eigenvalue weighted by Gasteiger charge is -2.40. The Bertz CT molecular complexity index is 2050. The second kappa shape index (κ2) is 56.8. The van der Waals surface area contributed by atoms with E-state index in [2.05, 4.69) is 136 Å². The summed E-state index contributed by atoms with van der Waals surface area (Å²) in [6.07, 6.45) is 71.0. The lowest BCUT2D eigenvalue weighted by molar-refractivity contribution is -0.301. The third-order valence-corrected chi connectivity index (χ3v) is 13.1. The molecule has 0 saturated carbocycles. The van der Waals surface area contributed by atoms with Crippen LogP contribution in [0.25, 0.3) is 0 Å². The quantitative estimate of drug-likeness (QED) is 0.0228. The molecule has 12 heteroatoms. The molecule has 83 heavy (non-hydrogen) atoms. The van der Waals surface area contributed by atoms with E-state index in [1.807, 2.05) is 36.5 Å². The fourth-order valence-electron chi connectivity index (χ4n) is 8.38. The molecule has 1 heterocycles. The fourth-order valence-corrected chi connectivity index (χ4v) is 8.38. The molecule has 1 saturated heterocycles. The van der Waals surface area contributed by atoms with Gasteiger partial charge in [0.2, 0.25) is 0 Å². The molecule has 12 nitrogen and oxygen atoms in total. The maximum atomic E-state index is 13.1. The molecule has 0 radical (unpaired) electrons. The number of carbonyl (C=O) groups excluding carboxylic acids is 3. The van der Waals surface area contributed by atoms with Gasteiger partial charge in [-0.2, -0.15) is 0 Å². The Morgan fingerprint density at radius 1 is 0.422 bits per heavy atom. The highest BCUT2D eigenvalue weighted by Crippen LogP contribution is 2.26. The molecule has 1 aliphatic rings. The van der Waals surface area contributed by atoms with E-state index < -0.39 is 67.3 Å². The highest BCUT2D eigenvalue weighted by molar-refractivity contribution is 5.74. The number of aliphatic hydroxyl groups excluding tert-OH is 2. The van der Waals surface area contributed by atoms with Crippen molar-refractivity contribution in [3.63, 3.8) is 0 Å². The number of hydrogen-bond donors (Lipinski definition) is 3. The number of carboxylic acids is 1. The molecule has 6 atom stereocenters. The van der Waals surface area contributed by atoms with Gasteiger partial charge in [-0.15, -0.1) is 0 Å². The number of allylic oxidation sites excluding steroid dienone is 25. The molecule has 1 aliphatic heterocycles. The van der Waals surface area contributed by atoms with Gasteiger partial charge in [-0.1, -0.05) is 237 Å². The number of carboxylic acid groups (broad SMARTS) is 1. The molecule has 6 unspecified atom stereocenters. The SMILES string of the molecule is CC/C=C\C/C=C\C/C=C\C/C=C\C/C=C\C/C=C\CCC(=O)OC1C(OCC(COC(=O)CCCCCCCCCCC/C=C\C/C=C\CCCCC)OC(=O)C/C=C\C/C=C\C/C=C\C/C=C\C/C=C\CC)OC(C(=O)O)C(O)C1O. The predicted octanol–water partition coefficient (Wildman–Crippen LogP) is 16.9. The van der Waals surface area contributed by atoms with Crippen molar-refractivity contribution in [1.82, 2.24) is 0 Å². The fraction of sp³-hybridized carbons (Fsp3) is 0.577. The number of hydrogen-bond acceptors (Lipinski definition) is 11. The van der Waals surface area contributed by atoms with Crippen molar-refractivity contribution < 1.29 is 58.2 Å². The number of esters is 3. The Morgan fingerprint density at radius 3 is 1.27 bits per heavy atom. The van der Waals surface area contributed by atoms with Gasteiger partial charge in [-0.3, -0.25) is 14.4 Å². The third-order valence-electron chi connectivity index (χ3n) is 13.1. The van der Waals surface area contributed by atoms with E-state index in [0.717, 1.165) is 96.3 Å². The van der Waals surface area contributed by atoms with E-state index in [9.17, 15) is 34.5 Å². The van der Waals surface area contributed by atoms with E-state index in [4.69, 9.17) is 23.7 Å². The Labute approximate surface area is 501 Å². The van der Waals surface area contributed by atoms with Crippen LogP contribution in [0.3, 0.4) is 0 Å². The Kier molecular flexibility index (Phi) is 51.6. The summed E-state index contributed by atoms with van der Waals surface area (Å²) in [5, 5.41) is 31.5. The van der Waals surface area contributed by atoms with Crippen LogP contribution in [0.1, 0.15) is 213 Å². The third kappa shape index (κ3) is 46.4. The van der Waals surface area contributed by atoms with Gasteiger partial charge in [0, 0.05) is 12.8 Å². The minimum absolute atomic E-state index is 0.0845. The summed E-state index contributed by atoms with van der Waals surface area (Å²) in [5.74, 6) is -3.43. The van der Waals surface area contributed by atoms with E-state index in [0.29, 0.717) is 25.7 Å². The summed E-state index contributed by atoms with van der Waals surface area (Å²) in [6, 6.07) is 0. The van der Waals surface area contributed by atoms with Crippen molar-refractivity contribution in [3.05, 3.63) is 158 Å². The van der Waals surface area contributed by atoms with Crippen molar-refractivity contribution in [3.8, 4) is 0 Å². The molecule has 0 spiro atoms. The monoisotopic (exact) mass is 1150 g/mol. The van der Waals surface area contributed by atoms with Gasteiger partial charge in [0.25, 0.3) is 0 Å². The van der Waals surface area contributed by atoms with E-state index in [1.165, 1.54) is 51.4 Å². The van der Waals surface area contributed by atoms with Crippen molar-refractivity contribution in [2.24, 2.45) is 0 Å². The first-order valence-corrected chi connectivity index (χ1v) is 31.5. The van der Waals surface area contributed by atoms with Crippen molar-refractivity contribution in [1.29, 1.82) is 0 Å². The number of aliphatic hydroxyl groups is 2. The van der Waals surface area contributed by atoms with Gasteiger partial charge in [-0.05, 0) is 116 Å². The topological polar surface area (TPSA) is 175 Å². The largest absolute Gasteiger partial charge is 0.479 e. The maximum absolute atomic E-state index is 13.1. The molecule has 0 bridgehead atoms. The van der Waals surface area contributed by atoms with Crippen molar-refractivity contribution >= 4 is 23.9 Å². The second-order valence-corrected chi connectivity index (χ2v) is 20.6. The molecule has 1 fully saturated rings. The van der Waals surface area contributed by atoms with Crippen LogP contribution in [-0.4, -0.2) is 89.2 Å². The maximum Gasteiger partial charge on any atom is 0.335 e. The van der Waals surface area contributed by atoms with E-state index >= 15 is 0 Å². The zero-order valence-electron chi connectivity index (χ0n) is 51.1. The number of rotatable bonds is 51. The van der Waals surface area contributed by atoms with Crippen LogP contribution in [-0.2, 0) is 42.9 Å². The normalized spacial score (nSPS) is 18.7. The average molecular weight is 1150 g/mol. The molecule has 0 aromatic carbocycles. The number of aliphatic carboxylic acids is 1. The number of unbranched alkanes of at least 4 members (excludes halogenated alkanes) is 12. The first-order chi connectivity index (χ1) is 40.6. The Balaban J connectivity index is 2.76. The van der Waals surface area contributed by atoms with Gasteiger partial charge >= 0.3 is 23.9 Å². The first-order valence-electron chi connectivity index (χ1n) is 31.5. The molecule has 0 aromatic heterocycles. The minimum atomic E-state index is -1.95. The zero-order valence-corrected chi connectivity index (χ0v) is 51.1. The molecule has 0 aromatic rings. The van der Waals surface area contributed by atoms with Gasteiger partial charge in [0.1, 0.15) is 18.8 Å². The van der Waals surface area contributed by atoms with Gasteiger partial charge in [-0.25, -0.2) is 4.79 Å². The minimum Gasteiger partial charge on any atom is -0.479 e. The summed E-state index contributed by atoms with van der Waals surface area (Å²) >= 11 is 0. The molecule has 0 amide bonds. The van der Waals surface area contributed by atoms with Gasteiger partial charge in [0.15, 0.2) is 24.6 Å². The summed E-state index contributed by atoms with van der Waals surface area (Å²) in [4.78, 5) is 51.2. The highest BCUT2D eigenvalue weighted by Gasteiger charge is 2.50. The smallest absolute Gasteiger partial charge is 0.335 e. The molecular formula is C71H108O12. The molecule has 1 rings (SSSR count). The van der Waals surface area contributed by atoms with Crippen LogP contribution in [0.15, 0.2) is 158 Å². The van der Waals surface area contributed by atoms with Gasteiger partial charge < -0.3 is 39.0 Å². The highest BCUT2D eigenvalue weighted by atomic mass is 16.7. The predicted molar refractivity (Wildman–Crippen MR) is 339 cm³/mol. The van der Waals surface area contributed by atoms with E-state index in [-0.39, 0.29) is 25.9 Å². The summed E-state index contributed by atoms with van der Waals surface area (Å²) in [6.45, 7) is 5.62. The standard InChI is InChI=1S/C71H108O12/c1-4-7-10-13-16-19-22-25-28-30-32-34-37-39-42-45-48-51-54-57-63(72)79-60-62(81-64(73)58-55-52-49-46-43-40-36-27-24-21-18-15-12-9-6-3)61-80-71-69(67(76)66(75)68(83-71)70(77)78)82-65(74)59-56-53-50-47-44-41-38-35-33-31-29-26-23-20-17-14-11-8-5-2/h8-9,11-12,16-21,25-29,33,35-36,41,43-44,46,50,52-53,55,62,66-69,71,75-76H,4-7,10,13-15,22-24,30-32,34,37-40,42,45,47-49,51,54,56-61H2,1-3H3,(H,77,78)/b11-8-,12-9-,19-16-,20-17-,21-18-,28-25-,29-26-,35-33-,36-27-,44-41-,46-43-,53-50-,55-52-. The average Bonchev–Trinajstić information content (AvgIpc) is 3.60. The van der Waals surface area contributed by atoms with Crippen molar-refractivity contribution in [2.75, 3.05) is 13.2 Å². The number of ether oxygens (including phenoxy) is 5. The number of carbonyl (C=O) groups is 4. The zero-order chi connectivity index (χ0) is 60.3. The van der Waals surface area contributed by atoms with Crippen LogP contribution in [0.4, 0.5) is 0 Å². The Morgan fingerprint density at radius 2 is 0.819 bits per heavy atom. The first kappa shape index (κ1) is 75.4. The lowest BCUT2D eigenvalue weighted by atomic mass is 9.98. The van der Waals surface area contributed by atoms with Crippen LogP contribution in [0.2, 0.25) is 0 Å². The molecule has 3 N–H and O–H groups in total. The summed E-state index contributed by atoms with van der Waals surface area (Å²) in [5.41, 5.74) is 0. The summed E-state index contributed by atoms with van der Waals surface area (Å²) in [7, 11) is 0. The van der Waals surface area contributed by atoms with Gasteiger partial charge in [0.05, 0.1) is 13.0 Å². The second-order valence-electron chi connectivity index (χ2n) is 20.6. The Hall–Kier alpha value is -5.66. The summed E-state index contributed by atoms with van der Waals surface area (Å²) < 4.78 is 28.3.